The van der Waals surface area contributed by atoms with E-state index in [0.717, 1.165) is 35.3 Å². The number of fused-ring (bicyclic) bond motifs is 1. The lowest BCUT2D eigenvalue weighted by atomic mass is 10.1. The third kappa shape index (κ3) is 8.23. The quantitative estimate of drug-likeness (QED) is 0.305. The predicted molar refractivity (Wildman–Crippen MR) is 176 cm³/mol. The standard InChI is InChI=1S/C27H27ClN4O5.C7H7Cl/c28-19-7-8-23-20(14-19)22(33)15-24(37-23)27(36)29-16-26(35)31-12-10-30(11-13-31)21-5-2-1-4-18(21)17-32-9-3-6-25(32)34;1-6-2-4-7(8)5-3-6/h1-2,4-5,7-8,14-15H,3,6,9-13,16-17H2,(H,29,36);2-5H,1H3. The molecule has 0 bridgehead atoms. The number of halogens is 2. The number of para-hydroxylation sites is 1. The number of likely N-dealkylation sites (tertiary alicyclic amines) is 1. The molecule has 4 aromatic rings. The summed E-state index contributed by atoms with van der Waals surface area (Å²) in [4.78, 5) is 55.6. The molecule has 6 rings (SSSR count). The summed E-state index contributed by atoms with van der Waals surface area (Å²) >= 11 is 11.5. The summed E-state index contributed by atoms with van der Waals surface area (Å²) < 4.78 is 5.54. The van der Waals surface area contributed by atoms with Crippen LogP contribution in [0, 0.1) is 6.92 Å². The molecule has 3 aromatic carbocycles. The van der Waals surface area contributed by atoms with Crippen LogP contribution in [0.3, 0.4) is 0 Å². The first-order valence-corrected chi connectivity index (χ1v) is 15.6. The molecule has 9 nitrogen and oxygen atoms in total. The van der Waals surface area contributed by atoms with Crippen molar-refractivity contribution in [3.63, 3.8) is 0 Å². The van der Waals surface area contributed by atoms with E-state index >= 15 is 0 Å². The van der Waals surface area contributed by atoms with Crippen molar-refractivity contribution in [2.75, 3.05) is 44.2 Å². The molecule has 3 heterocycles. The van der Waals surface area contributed by atoms with Gasteiger partial charge in [-0.3, -0.25) is 19.2 Å². The number of nitrogens with zero attached hydrogens (tertiary/aromatic N) is 3. The largest absolute Gasteiger partial charge is 0.451 e. The molecule has 2 fully saturated rings. The molecule has 2 aliphatic rings. The molecule has 2 aliphatic heterocycles. The molecular formula is C34H34Cl2N4O5. The van der Waals surface area contributed by atoms with Gasteiger partial charge in [-0.25, -0.2) is 0 Å². The molecule has 3 amide bonds. The van der Waals surface area contributed by atoms with E-state index < -0.39 is 5.91 Å². The van der Waals surface area contributed by atoms with Crippen molar-refractivity contribution in [3.05, 3.63) is 110 Å². The highest BCUT2D eigenvalue weighted by atomic mass is 35.5. The third-order valence-electron chi connectivity index (χ3n) is 7.82. The Morgan fingerprint density at radius 2 is 1.58 bits per heavy atom. The maximum absolute atomic E-state index is 12.8. The van der Waals surface area contributed by atoms with Gasteiger partial charge in [0.1, 0.15) is 5.58 Å². The number of carbonyl (C=O) groups is 3. The highest BCUT2D eigenvalue weighted by Gasteiger charge is 2.25. The molecule has 0 aliphatic carbocycles. The van der Waals surface area contributed by atoms with Crippen LogP contribution in [0.15, 0.2) is 82.0 Å². The van der Waals surface area contributed by atoms with Crippen molar-refractivity contribution in [2.45, 2.75) is 26.3 Å². The van der Waals surface area contributed by atoms with Crippen molar-refractivity contribution >= 4 is 57.6 Å². The zero-order valence-electron chi connectivity index (χ0n) is 24.9. The normalized spacial score (nSPS) is 14.7. The second-order valence-corrected chi connectivity index (χ2v) is 11.9. The predicted octanol–water partition coefficient (Wildman–Crippen LogP) is 5.30. The van der Waals surface area contributed by atoms with E-state index in [0.29, 0.717) is 44.2 Å². The number of hydrogen-bond acceptors (Lipinski definition) is 6. The van der Waals surface area contributed by atoms with Gasteiger partial charge in [-0.1, -0.05) is 59.1 Å². The number of nitrogens with one attached hydrogen (secondary N) is 1. The second kappa shape index (κ2) is 14.6. The van der Waals surface area contributed by atoms with Crippen molar-refractivity contribution in [2.24, 2.45) is 0 Å². The van der Waals surface area contributed by atoms with Gasteiger partial charge in [0.15, 0.2) is 11.2 Å². The van der Waals surface area contributed by atoms with Crippen molar-refractivity contribution in [1.82, 2.24) is 15.1 Å². The molecule has 234 valence electrons. The molecule has 0 unspecified atom stereocenters. The molecule has 45 heavy (non-hydrogen) atoms. The van der Waals surface area contributed by atoms with E-state index in [1.165, 1.54) is 17.7 Å². The maximum atomic E-state index is 12.8. The van der Waals surface area contributed by atoms with Crippen LogP contribution in [0.5, 0.6) is 0 Å². The molecule has 2 saturated heterocycles. The second-order valence-electron chi connectivity index (χ2n) is 11.0. The van der Waals surface area contributed by atoms with Gasteiger partial charge in [-0.2, -0.15) is 0 Å². The summed E-state index contributed by atoms with van der Waals surface area (Å²) in [5.74, 6) is -0.810. The van der Waals surface area contributed by atoms with E-state index in [-0.39, 0.29) is 40.5 Å². The van der Waals surface area contributed by atoms with Gasteiger partial charge in [0, 0.05) is 67.5 Å². The van der Waals surface area contributed by atoms with E-state index in [4.69, 9.17) is 27.6 Å². The molecule has 0 spiro atoms. The summed E-state index contributed by atoms with van der Waals surface area (Å²) in [6, 6.07) is 21.5. The Morgan fingerprint density at radius 1 is 0.867 bits per heavy atom. The Bertz CT molecular complexity index is 1730. The Hall–Kier alpha value is -4.34. The Labute approximate surface area is 271 Å². The van der Waals surface area contributed by atoms with Gasteiger partial charge in [-0.05, 0) is 55.3 Å². The van der Waals surface area contributed by atoms with E-state index in [1.54, 1.807) is 11.0 Å². The van der Waals surface area contributed by atoms with Crippen LogP contribution < -0.4 is 15.6 Å². The summed E-state index contributed by atoms with van der Waals surface area (Å²) in [6.45, 7) is 5.54. The number of anilines is 1. The minimum absolute atomic E-state index is 0.162. The van der Waals surface area contributed by atoms with Gasteiger partial charge >= 0.3 is 0 Å². The fourth-order valence-electron chi connectivity index (χ4n) is 5.36. The highest BCUT2D eigenvalue weighted by Crippen LogP contribution is 2.25. The number of piperazine rings is 1. The number of aryl methyl sites for hydroxylation is 1. The fraction of sp³-hybridized carbons (Fsp3) is 0.294. The molecule has 1 aromatic heterocycles. The monoisotopic (exact) mass is 648 g/mol. The summed E-state index contributed by atoms with van der Waals surface area (Å²) in [5, 5.41) is 4.04. The van der Waals surface area contributed by atoms with Gasteiger partial charge < -0.3 is 24.4 Å². The van der Waals surface area contributed by atoms with E-state index in [9.17, 15) is 19.2 Å². The van der Waals surface area contributed by atoms with Crippen LogP contribution in [-0.2, 0) is 16.1 Å². The van der Waals surface area contributed by atoms with Crippen molar-refractivity contribution in [1.29, 1.82) is 0 Å². The molecule has 0 saturated carbocycles. The average Bonchev–Trinajstić information content (AvgIpc) is 3.45. The molecule has 11 heteroatoms. The molecular weight excluding hydrogens is 615 g/mol. The van der Waals surface area contributed by atoms with E-state index in [2.05, 4.69) is 16.3 Å². The topological polar surface area (TPSA) is 103 Å². The first-order valence-electron chi connectivity index (χ1n) is 14.8. The molecule has 1 N–H and O–H groups in total. The lowest BCUT2D eigenvalue weighted by Gasteiger charge is -2.37. The lowest BCUT2D eigenvalue weighted by Crippen LogP contribution is -2.51. The Kier molecular flexibility index (Phi) is 10.4. The fourth-order valence-corrected chi connectivity index (χ4v) is 5.65. The van der Waals surface area contributed by atoms with Crippen LogP contribution >= 0.6 is 23.2 Å². The van der Waals surface area contributed by atoms with Crippen LogP contribution in [0.4, 0.5) is 5.69 Å². The van der Waals surface area contributed by atoms with Crippen LogP contribution in [0.25, 0.3) is 11.0 Å². The van der Waals surface area contributed by atoms with E-state index in [1.807, 2.05) is 54.3 Å². The Balaban J connectivity index is 0.000000436. The minimum Gasteiger partial charge on any atom is -0.451 e. The smallest absolute Gasteiger partial charge is 0.287 e. The molecule has 0 radical (unpaired) electrons. The zero-order valence-corrected chi connectivity index (χ0v) is 26.4. The number of rotatable bonds is 6. The van der Waals surface area contributed by atoms with Gasteiger partial charge in [0.25, 0.3) is 5.91 Å². The number of hydrogen-bond donors (Lipinski definition) is 1. The summed E-state index contributed by atoms with van der Waals surface area (Å²) in [7, 11) is 0. The first-order chi connectivity index (χ1) is 21.7. The van der Waals surface area contributed by atoms with Crippen molar-refractivity contribution < 1.29 is 18.8 Å². The average molecular weight is 650 g/mol. The Morgan fingerprint density at radius 3 is 2.27 bits per heavy atom. The van der Waals surface area contributed by atoms with Crippen molar-refractivity contribution in [3.8, 4) is 0 Å². The summed E-state index contributed by atoms with van der Waals surface area (Å²) in [6.07, 6.45) is 1.52. The van der Waals surface area contributed by atoms with Crippen LogP contribution in [0.2, 0.25) is 10.0 Å². The van der Waals surface area contributed by atoms with Crippen LogP contribution in [0.1, 0.15) is 34.5 Å². The molecule has 0 atom stereocenters. The number of carbonyl (C=O) groups excluding carboxylic acids is 3. The maximum Gasteiger partial charge on any atom is 0.287 e. The minimum atomic E-state index is -0.633. The number of amides is 3. The zero-order chi connectivity index (χ0) is 31.9. The highest BCUT2D eigenvalue weighted by molar-refractivity contribution is 6.31. The number of benzene rings is 3. The van der Waals surface area contributed by atoms with Gasteiger partial charge in [0.2, 0.25) is 11.8 Å². The first kappa shape index (κ1) is 32.1. The lowest BCUT2D eigenvalue weighted by molar-refractivity contribution is -0.130. The summed E-state index contributed by atoms with van der Waals surface area (Å²) in [5.41, 5.74) is 3.29. The van der Waals surface area contributed by atoms with Crippen LogP contribution in [-0.4, -0.2) is 66.8 Å². The SMILES string of the molecule is Cc1ccc(Cl)cc1.O=C(NCC(=O)N1CCN(c2ccccc2CN2CCCC2=O)CC1)c1cc(=O)c2cc(Cl)ccc2o1. The van der Waals surface area contributed by atoms with Gasteiger partial charge in [0.05, 0.1) is 11.9 Å². The third-order valence-corrected chi connectivity index (χ3v) is 8.31. The van der Waals surface area contributed by atoms with Gasteiger partial charge in [-0.15, -0.1) is 0 Å².